The van der Waals surface area contributed by atoms with Crippen molar-refractivity contribution in [1.29, 1.82) is 0 Å². The van der Waals surface area contributed by atoms with Gasteiger partial charge in [0.1, 0.15) is 12.4 Å². The summed E-state index contributed by atoms with van der Waals surface area (Å²) in [5.74, 6) is 0.738. The molecule has 0 aliphatic carbocycles. The summed E-state index contributed by atoms with van der Waals surface area (Å²) in [7, 11) is -3.41. The fraction of sp³-hybridized carbons (Fsp3) is 0.435. The molecule has 0 radical (unpaired) electrons. The Morgan fingerprint density at radius 2 is 1.67 bits per heavy atom. The Bertz CT molecular complexity index is 919. The van der Waals surface area contributed by atoms with Crippen molar-refractivity contribution in [3.05, 3.63) is 59.7 Å². The van der Waals surface area contributed by atoms with Crippen LogP contribution in [0.3, 0.4) is 0 Å². The van der Waals surface area contributed by atoms with Crippen LogP contribution in [-0.4, -0.2) is 44.9 Å². The highest BCUT2D eigenvalue weighted by molar-refractivity contribution is 7.89. The molecule has 3 rings (SSSR count). The Labute approximate surface area is 179 Å². The van der Waals surface area contributed by atoms with Crippen LogP contribution in [0.25, 0.3) is 0 Å². The molecule has 0 aromatic heterocycles. The van der Waals surface area contributed by atoms with Gasteiger partial charge >= 0.3 is 0 Å². The van der Waals surface area contributed by atoms with E-state index in [2.05, 4.69) is 5.32 Å². The zero-order chi connectivity index (χ0) is 21.4. The number of hydrogen-bond donors (Lipinski definition) is 1. The molecule has 0 spiro atoms. The minimum Gasteiger partial charge on any atom is -0.492 e. The number of sulfonamides is 1. The lowest BCUT2D eigenvalue weighted by atomic mass is 10.1. The molecule has 1 saturated heterocycles. The lowest BCUT2D eigenvalue weighted by molar-refractivity contribution is -0.121. The number of hydrogen-bond acceptors (Lipinski definition) is 4. The molecular formula is C23H30N2O4S. The number of amides is 1. The van der Waals surface area contributed by atoms with Gasteiger partial charge in [0.05, 0.1) is 11.4 Å². The molecule has 1 aliphatic heterocycles. The van der Waals surface area contributed by atoms with Gasteiger partial charge in [0.2, 0.25) is 15.9 Å². The second-order valence-corrected chi connectivity index (χ2v) is 9.56. The van der Waals surface area contributed by atoms with Gasteiger partial charge in [0, 0.05) is 19.5 Å². The summed E-state index contributed by atoms with van der Waals surface area (Å²) < 4.78 is 32.5. The van der Waals surface area contributed by atoms with E-state index in [9.17, 15) is 13.2 Å². The number of carbonyl (C=O) groups excluding carboxylic acids is 1. The van der Waals surface area contributed by atoms with Crippen molar-refractivity contribution in [2.75, 3.05) is 26.2 Å². The standard InChI is InChI=1S/C23H30N2O4S/c1-19-5-10-21(11-6-19)29-18-15-24-23(26)14-9-20-7-12-22(13-8-20)30(27,28)25-16-3-2-4-17-25/h5-8,10-13H,2-4,9,14-18H2,1H3,(H,24,26). The molecule has 1 fully saturated rings. The average molecular weight is 431 g/mol. The molecular weight excluding hydrogens is 400 g/mol. The molecule has 1 N–H and O–H groups in total. The third kappa shape index (κ3) is 6.31. The van der Waals surface area contributed by atoms with E-state index in [1.54, 1.807) is 28.6 Å². The van der Waals surface area contributed by atoms with Crippen LogP contribution in [0.4, 0.5) is 0 Å². The molecule has 30 heavy (non-hydrogen) atoms. The van der Waals surface area contributed by atoms with Gasteiger partial charge in [-0.1, -0.05) is 36.2 Å². The van der Waals surface area contributed by atoms with Crippen LogP contribution in [0.15, 0.2) is 53.4 Å². The number of rotatable bonds is 9. The fourth-order valence-corrected chi connectivity index (χ4v) is 4.94. The number of aryl methyl sites for hydroxylation is 2. The number of piperidine rings is 1. The third-order valence-corrected chi connectivity index (χ3v) is 7.14. The summed E-state index contributed by atoms with van der Waals surface area (Å²) in [6, 6.07) is 14.7. The van der Waals surface area contributed by atoms with Crippen molar-refractivity contribution in [2.45, 2.75) is 43.9 Å². The second kappa shape index (κ2) is 10.6. The molecule has 0 unspecified atom stereocenters. The summed E-state index contributed by atoms with van der Waals surface area (Å²) in [5, 5.41) is 2.85. The quantitative estimate of drug-likeness (QED) is 0.620. The Morgan fingerprint density at radius 3 is 2.33 bits per heavy atom. The van der Waals surface area contributed by atoms with Crippen LogP contribution < -0.4 is 10.1 Å². The zero-order valence-corrected chi connectivity index (χ0v) is 18.3. The first-order chi connectivity index (χ1) is 14.4. The minimum absolute atomic E-state index is 0.0486. The van der Waals surface area contributed by atoms with Gasteiger partial charge in [-0.3, -0.25) is 4.79 Å². The van der Waals surface area contributed by atoms with Crippen LogP contribution >= 0.6 is 0 Å². The Kier molecular flexibility index (Phi) is 7.87. The Morgan fingerprint density at radius 1 is 1.00 bits per heavy atom. The molecule has 1 aliphatic rings. The number of ether oxygens (including phenoxy) is 1. The predicted octanol–water partition coefficient (Wildman–Crippen LogP) is 3.30. The molecule has 1 amide bonds. The van der Waals surface area contributed by atoms with Gasteiger partial charge in [0.15, 0.2) is 0 Å². The molecule has 6 nitrogen and oxygen atoms in total. The van der Waals surface area contributed by atoms with Crippen LogP contribution in [-0.2, 0) is 21.2 Å². The maximum absolute atomic E-state index is 12.7. The summed E-state index contributed by atoms with van der Waals surface area (Å²) in [4.78, 5) is 12.4. The molecule has 0 atom stereocenters. The monoisotopic (exact) mass is 430 g/mol. The first-order valence-corrected chi connectivity index (χ1v) is 11.9. The number of benzene rings is 2. The second-order valence-electron chi connectivity index (χ2n) is 7.62. The number of nitrogens with one attached hydrogen (secondary N) is 1. The molecule has 162 valence electrons. The molecule has 0 saturated carbocycles. The van der Waals surface area contributed by atoms with Gasteiger partial charge in [-0.15, -0.1) is 0 Å². The summed E-state index contributed by atoms with van der Waals surface area (Å²) in [5.41, 5.74) is 2.12. The van der Waals surface area contributed by atoms with Gasteiger partial charge in [-0.05, 0) is 56.0 Å². The van der Waals surface area contributed by atoms with Crippen molar-refractivity contribution >= 4 is 15.9 Å². The lowest BCUT2D eigenvalue weighted by Gasteiger charge is -2.25. The maximum Gasteiger partial charge on any atom is 0.243 e. The van der Waals surface area contributed by atoms with E-state index in [1.165, 1.54) is 5.56 Å². The van der Waals surface area contributed by atoms with Crippen LogP contribution in [0.2, 0.25) is 0 Å². The van der Waals surface area contributed by atoms with Gasteiger partial charge in [0.25, 0.3) is 0 Å². The fourth-order valence-electron chi connectivity index (χ4n) is 3.42. The van der Waals surface area contributed by atoms with Crippen molar-refractivity contribution in [1.82, 2.24) is 9.62 Å². The minimum atomic E-state index is -3.41. The first-order valence-electron chi connectivity index (χ1n) is 10.5. The lowest BCUT2D eigenvalue weighted by Crippen LogP contribution is -2.35. The molecule has 0 bridgehead atoms. The van der Waals surface area contributed by atoms with E-state index >= 15 is 0 Å². The predicted molar refractivity (Wildman–Crippen MR) is 117 cm³/mol. The van der Waals surface area contributed by atoms with E-state index in [0.29, 0.717) is 44.0 Å². The van der Waals surface area contributed by atoms with E-state index in [4.69, 9.17) is 4.74 Å². The highest BCUT2D eigenvalue weighted by atomic mass is 32.2. The molecule has 2 aromatic carbocycles. The smallest absolute Gasteiger partial charge is 0.243 e. The summed E-state index contributed by atoms with van der Waals surface area (Å²) in [6.07, 6.45) is 3.84. The van der Waals surface area contributed by atoms with Crippen LogP contribution in [0.5, 0.6) is 5.75 Å². The van der Waals surface area contributed by atoms with Gasteiger partial charge in [-0.2, -0.15) is 4.31 Å². The van der Waals surface area contributed by atoms with Crippen molar-refractivity contribution in [3.63, 3.8) is 0 Å². The Balaban J connectivity index is 1.40. The van der Waals surface area contributed by atoms with Crippen molar-refractivity contribution in [3.8, 4) is 5.75 Å². The largest absolute Gasteiger partial charge is 0.492 e. The zero-order valence-electron chi connectivity index (χ0n) is 17.5. The van der Waals surface area contributed by atoms with Crippen LogP contribution in [0, 0.1) is 6.92 Å². The van der Waals surface area contributed by atoms with Gasteiger partial charge < -0.3 is 10.1 Å². The summed E-state index contributed by atoms with van der Waals surface area (Å²) >= 11 is 0. The van der Waals surface area contributed by atoms with E-state index in [0.717, 1.165) is 30.6 Å². The molecule has 7 heteroatoms. The SMILES string of the molecule is Cc1ccc(OCCNC(=O)CCc2ccc(S(=O)(=O)N3CCCCC3)cc2)cc1. The maximum atomic E-state index is 12.7. The number of carbonyl (C=O) groups is 1. The highest BCUT2D eigenvalue weighted by Gasteiger charge is 2.25. The first kappa shape index (κ1) is 22.3. The van der Waals surface area contributed by atoms with E-state index < -0.39 is 10.0 Å². The third-order valence-electron chi connectivity index (χ3n) is 5.23. The van der Waals surface area contributed by atoms with E-state index in [-0.39, 0.29) is 5.91 Å². The molecule has 1 heterocycles. The van der Waals surface area contributed by atoms with Gasteiger partial charge in [-0.25, -0.2) is 8.42 Å². The summed E-state index contributed by atoms with van der Waals surface area (Å²) in [6.45, 7) is 4.07. The van der Waals surface area contributed by atoms with E-state index in [1.807, 2.05) is 31.2 Å². The van der Waals surface area contributed by atoms with Crippen LogP contribution in [0.1, 0.15) is 36.8 Å². The normalized spacial score (nSPS) is 15.0. The number of nitrogens with zero attached hydrogens (tertiary/aromatic N) is 1. The highest BCUT2D eigenvalue weighted by Crippen LogP contribution is 2.21. The molecule has 2 aromatic rings. The topological polar surface area (TPSA) is 75.7 Å². The van der Waals surface area contributed by atoms with Crippen molar-refractivity contribution < 1.29 is 17.9 Å². The Hall–Kier alpha value is -2.38. The van der Waals surface area contributed by atoms with Crippen molar-refractivity contribution in [2.24, 2.45) is 0 Å². The average Bonchev–Trinajstić information content (AvgIpc) is 2.77.